The molecule has 0 N–H and O–H groups in total. The third kappa shape index (κ3) is 7.97. The lowest BCUT2D eigenvalue weighted by Gasteiger charge is -2.36. The Hall–Kier alpha value is -2.10. The fraction of sp³-hybridized carbons (Fsp3) is 0.615. The van der Waals surface area contributed by atoms with Crippen LogP contribution in [0.3, 0.4) is 0 Å². The number of Topliss-reactive ketones (excluding diaryl/α,β-unsaturated/α-hetero) is 1. The summed E-state index contributed by atoms with van der Waals surface area (Å²) in [5.41, 5.74) is 4.63. The molecule has 168 valence electrons. The summed E-state index contributed by atoms with van der Waals surface area (Å²) in [6.07, 6.45) is 11.1. The Morgan fingerprint density at radius 1 is 0.967 bits per heavy atom. The molecule has 0 spiro atoms. The first-order valence-corrected chi connectivity index (χ1v) is 11.0. The Morgan fingerprint density at radius 3 is 2.07 bits per heavy atom. The number of hydrogen-bond acceptors (Lipinski definition) is 4. The second-order valence-electron chi connectivity index (χ2n) is 8.74. The molecule has 0 aliphatic heterocycles. The van der Waals surface area contributed by atoms with Crippen LogP contribution in [0.5, 0.6) is 0 Å². The predicted octanol–water partition coefficient (Wildman–Crippen LogP) is 6.48. The van der Waals surface area contributed by atoms with Crippen LogP contribution in [0.4, 0.5) is 0 Å². The van der Waals surface area contributed by atoms with Crippen molar-refractivity contribution in [2.24, 2.45) is 11.8 Å². The Balaban J connectivity index is 2.78. The zero-order valence-electron chi connectivity index (χ0n) is 20.1. The summed E-state index contributed by atoms with van der Waals surface area (Å²) in [5, 5.41) is 0. The summed E-state index contributed by atoms with van der Waals surface area (Å²) in [7, 11) is 1.53. The molecule has 0 radical (unpaired) electrons. The van der Waals surface area contributed by atoms with E-state index in [0.717, 1.165) is 25.7 Å². The van der Waals surface area contributed by atoms with Crippen LogP contribution in [0.2, 0.25) is 0 Å². The second kappa shape index (κ2) is 12.6. The normalized spacial score (nSPS) is 22.8. The topological polar surface area (TPSA) is 52.6 Å². The van der Waals surface area contributed by atoms with Gasteiger partial charge in [-0.15, -0.1) is 0 Å². The summed E-state index contributed by atoms with van der Waals surface area (Å²) in [4.78, 5) is 24.3. The number of allylic oxidation sites excluding steroid dienone is 7. The van der Waals surface area contributed by atoms with Gasteiger partial charge in [0.05, 0.1) is 7.11 Å². The Labute approximate surface area is 183 Å². The molecule has 1 aliphatic carbocycles. The predicted molar refractivity (Wildman–Crippen MR) is 123 cm³/mol. The van der Waals surface area contributed by atoms with E-state index in [1.165, 1.54) is 30.8 Å². The zero-order valence-corrected chi connectivity index (χ0v) is 20.1. The van der Waals surface area contributed by atoms with Gasteiger partial charge in [-0.1, -0.05) is 41.9 Å². The van der Waals surface area contributed by atoms with Crippen LogP contribution in [0.1, 0.15) is 80.6 Å². The van der Waals surface area contributed by atoms with Gasteiger partial charge >= 0.3 is 5.97 Å². The molecule has 0 aromatic heterocycles. The molecule has 3 unspecified atom stereocenters. The zero-order chi connectivity index (χ0) is 22.8. The van der Waals surface area contributed by atoms with Gasteiger partial charge in [-0.3, -0.25) is 9.59 Å². The van der Waals surface area contributed by atoms with Crippen LogP contribution in [-0.4, -0.2) is 25.0 Å². The van der Waals surface area contributed by atoms with Crippen molar-refractivity contribution in [2.45, 2.75) is 86.7 Å². The lowest BCUT2D eigenvalue weighted by molar-refractivity contribution is -0.152. The van der Waals surface area contributed by atoms with E-state index in [9.17, 15) is 9.59 Å². The summed E-state index contributed by atoms with van der Waals surface area (Å²) >= 11 is 0. The first-order chi connectivity index (χ1) is 14.1. The van der Waals surface area contributed by atoms with Gasteiger partial charge in [-0.05, 0) is 66.7 Å². The molecule has 1 aliphatic rings. The maximum Gasteiger partial charge on any atom is 0.303 e. The van der Waals surface area contributed by atoms with Crippen molar-refractivity contribution in [3.05, 3.63) is 46.3 Å². The Bertz CT molecular complexity index is 732. The molecule has 4 heteroatoms. The van der Waals surface area contributed by atoms with Gasteiger partial charge in [0.15, 0.2) is 11.9 Å². The molecular formula is C26H40O4. The van der Waals surface area contributed by atoms with E-state index in [0.29, 0.717) is 17.8 Å². The minimum atomic E-state index is -0.513. The van der Waals surface area contributed by atoms with Crippen LogP contribution in [0.15, 0.2) is 46.3 Å². The van der Waals surface area contributed by atoms with Crippen molar-refractivity contribution >= 4 is 11.8 Å². The first-order valence-electron chi connectivity index (χ1n) is 11.0. The molecule has 0 fully saturated rings. The first kappa shape index (κ1) is 25.9. The molecule has 1 rings (SSSR count). The highest BCUT2D eigenvalue weighted by Crippen LogP contribution is 2.37. The van der Waals surface area contributed by atoms with Crippen molar-refractivity contribution in [3.63, 3.8) is 0 Å². The van der Waals surface area contributed by atoms with Gasteiger partial charge in [-0.2, -0.15) is 0 Å². The quantitative estimate of drug-likeness (QED) is 0.302. The van der Waals surface area contributed by atoms with Gasteiger partial charge in [0.25, 0.3) is 0 Å². The Morgan fingerprint density at radius 2 is 1.53 bits per heavy atom. The number of carbonyl (C=O) groups excluding carboxylic acids is 2. The number of hydrogen-bond donors (Lipinski definition) is 0. The standard InChI is InChI=1S/C26H40O4/c1-17(2)11-9-12-18(3)13-10-14-19(4)15-16-23-20(5)24(28)21(6)25(29-8)26(23)30-22(7)27/h11,13,15,20,23,26H,9-10,12,14,16H2,1-8H3/b18-13+,19-15+. The summed E-state index contributed by atoms with van der Waals surface area (Å²) in [6, 6.07) is 0. The lowest BCUT2D eigenvalue weighted by Crippen LogP contribution is -2.41. The van der Waals surface area contributed by atoms with Crippen molar-refractivity contribution in [3.8, 4) is 0 Å². The molecule has 0 saturated heterocycles. The van der Waals surface area contributed by atoms with Gasteiger partial charge < -0.3 is 9.47 Å². The monoisotopic (exact) mass is 416 g/mol. The largest absolute Gasteiger partial charge is 0.497 e. The number of rotatable bonds is 10. The molecule has 0 saturated carbocycles. The minimum Gasteiger partial charge on any atom is -0.497 e. The van der Waals surface area contributed by atoms with Crippen LogP contribution < -0.4 is 0 Å². The SMILES string of the molecule is COC1=C(C)C(=O)C(C)C(C/C=C(\C)CC/C=C(\C)CCC=C(C)C)C1OC(C)=O. The second-order valence-corrected chi connectivity index (χ2v) is 8.74. The van der Waals surface area contributed by atoms with Crippen molar-refractivity contribution in [2.75, 3.05) is 7.11 Å². The van der Waals surface area contributed by atoms with Crippen molar-refractivity contribution < 1.29 is 19.1 Å². The smallest absolute Gasteiger partial charge is 0.303 e. The van der Waals surface area contributed by atoms with E-state index >= 15 is 0 Å². The maximum atomic E-state index is 12.6. The molecule has 0 aromatic carbocycles. The molecular weight excluding hydrogens is 376 g/mol. The van der Waals surface area contributed by atoms with E-state index in [4.69, 9.17) is 9.47 Å². The third-order valence-corrected chi connectivity index (χ3v) is 5.82. The number of methoxy groups -OCH3 is 1. The average molecular weight is 417 g/mol. The highest BCUT2D eigenvalue weighted by atomic mass is 16.6. The van der Waals surface area contributed by atoms with E-state index in [-0.39, 0.29) is 23.6 Å². The van der Waals surface area contributed by atoms with E-state index in [1.54, 1.807) is 6.92 Å². The molecule has 4 nitrogen and oxygen atoms in total. The van der Waals surface area contributed by atoms with Gasteiger partial charge in [0.2, 0.25) is 0 Å². The van der Waals surface area contributed by atoms with E-state index in [1.807, 2.05) is 6.92 Å². The van der Waals surface area contributed by atoms with Crippen LogP contribution >= 0.6 is 0 Å². The highest BCUT2D eigenvalue weighted by Gasteiger charge is 2.42. The summed E-state index contributed by atoms with van der Waals surface area (Å²) < 4.78 is 11.0. The number of ether oxygens (including phenoxy) is 2. The van der Waals surface area contributed by atoms with Gasteiger partial charge in [0, 0.05) is 24.3 Å². The highest BCUT2D eigenvalue weighted by molar-refractivity contribution is 5.98. The van der Waals surface area contributed by atoms with Crippen LogP contribution in [0.25, 0.3) is 0 Å². The number of ketones is 1. The Kier molecular flexibility index (Phi) is 10.9. The van der Waals surface area contributed by atoms with Gasteiger partial charge in [0.1, 0.15) is 5.76 Å². The van der Waals surface area contributed by atoms with Gasteiger partial charge in [-0.25, -0.2) is 0 Å². The number of carbonyl (C=O) groups is 2. The van der Waals surface area contributed by atoms with E-state index < -0.39 is 6.10 Å². The molecule has 0 amide bonds. The average Bonchev–Trinajstić information content (AvgIpc) is 2.65. The maximum absolute atomic E-state index is 12.6. The fourth-order valence-corrected chi connectivity index (χ4v) is 3.92. The van der Waals surface area contributed by atoms with Crippen LogP contribution in [0, 0.1) is 11.8 Å². The van der Waals surface area contributed by atoms with E-state index in [2.05, 4.69) is 45.9 Å². The van der Waals surface area contributed by atoms with Crippen molar-refractivity contribution in [1.82, 2.24) is 0 Å². The molecule has 3 atom stereocenters. The summed E-state index contributed by atoms with van der Waals surface area (Å²) in [5.74, 6) is -0.130. The fourth-order valence-electron chi connectivity index (χ4n) is 3.92. The van der Waals surface area contributed by atoms with Crippen molar-refractivity contribution in [1.29, 1.82) is 0 Å². The molecule has 0 bridgehead atoms. The van der Waals surface area contributed by atoms with Crippen LogP contribution in [-0.2, 0) is 19.1 Å². The molecule has 0 aromatic rings. The summed E-state index contributed by atoms with van der Waals surface area (Å²) in [6.45, 7) is 13.6. The molecule has 0 heterocycles. The third-order valence-electron chi connectivity index (χ3n) is 5.82. The minimum absolute atomic E-state index is 0.0706. The number of esters is 1. The molecule has 30 heavy (non-hydrogen) atoms. The lowest BCUT2D eigenvalue weighted by atomic mass is 9.75.